The van der Waals surface area contributed by atoms with Gasteiger partial charge in [0, 0.05) is 25.3 Å². The first-order valence-electron chi connectivity index (χ1n) is 10.9. The Hall–Kier alpha value is -2.89. The lowest BCUT2D eigenvalue weighted by Crippen LogP contribution is -2.34. The Morgan fingerprint density at radius 3 is 2.83 bits per heavy atom. The highest BCUT2D eigenvalue weighted by Gasteiger charge is 2.32. The number of carboxylic acids is 1. The minimum absolute atomic E-state index is 0.0674. The van der Waals surface area contributed by atoms with Gasteiger partial charge in [0.25, 0.3) is 0 Å². The van der Waals surface area contributed by atoms with Gasteiger partial charge in [0.1, 0.15) is 5.82 Å². The molecule has 0 bridgehead atoms. The van der Waals surface area contributed by atoms with Crippen molar-refractivity contribution in [3.63, 3.8) is 0 Å². The number of anilines is 1. The molecule has 2 aliphatic rings. The van der Waals surface area contributed by atoms with Crippen molar-refractivity contribution in [1.29, 1.82) is 0 Å². The number of pyridine rings is 1. The van der Waals surface area contributed by atoms with E-state index in [4.69, 9.17) is 4.98 Å². The smallest absolute Gasteiger partial charge is 0.304 e. The average Bonchev–Trinajstić information content (AvgIpc) is 3.25. The standard InChI is InChI=1S/C24H29N3O3/c28-22(29)15-21(18-5-2-1-3-6-18)24(30)27-14-12-17(16-27)8-10-20-11-9-19-7-4-13-25-23(19)26-20/h1-3,5-6,9,11,17,21H,4,7-8,10,12-16H2,(H,25,26)(H,28,29)/t17-,21+/m1/s1. The maximum absolute atomic E-state index is 13.1. The largest absolute Gasteiger partial charge is 0.481 e. The van der Waals surface area contributed by atoms with E-state index in [1.165, 1.54) is 5.56 Å². The van der Waals surface area contributed by atoms with E-state index in [1.807, 2.05) is 35.2 Å². The number of aromatic nitrogens is 1. The summed E-state index contributed by atoms with van der Waals surface area (Å²) in [7, 11) is 0. The lowest BCUT2D eigenvalue weighted by atomic mass is 9.94. The van der Waals surface area contributed by atoms with Gasteiger partial charge in [-0.2, -0.15) is 0 Å². The summed E-state index contributed by atoms with van der Waals surface area (Å²) in [5, 5.41) is 12.7. The van der Waals surface area contributed by atoms with Gasteiger partial charge in [-0.3, -0.25) is 9.59 Å². The van der Waals surface area contributed by atoms with Crippen molar-refractivity contribution in [1.82, 2.24) is 9.88 Å². The lowest BCUT2D eigenvalue weighted by Gasteiger charge is -2.23. The Kier molecular flexibility index (Phi) is 6.31. The molecule has 6 heteroatoms. The molecule has 0 unspecified atom stereocenters. The van der Waals surface area contributed by atoms with Gasteiger partial charge in [-0.05, 0) is 55.2 Å². The SMILES string of the molecule is O=C(O)C[C@H](C(=O)N1CC[C@@H](CCc2ccc3c(n2)NCCC3)C1)c1ccccc1. The Morgan fingerprint density at radius 2 is 2.03 bits per heavy atom. The molecule has 1 aromatic carbocycles. The molecule has 2 N–H and O–H groups in total. The maximum Gasteiger partial charge on any atom is 0.304 e. The fraction of sp³-hybridized carbons (Fsp3) is 0.458. The van der Waals surface area contributed by atoms with Crippen LogP contribution in [0.4, 0.5) is 5.82 Å². The molecular weight excluding hydrogens is 378 g/mol. The molecule has 1 saturated heterocycles. The second-order valence-electron chi connectivity index (χ2n) is 8.38. The maximum atomic E-state index is 13.1. The second kappa shape index (κ2) is 9.28. The molecule has 3 heterocycles. The van der Waals surface area contributed by atoms with E-state index >= 15 is 0 Å². The number of carbonyl (C=O) groups excluding carboxylic acids is 1. The van der Waals surface area contributed by atoms with Crippen molar-refractivity contribution in [3.05, 3.63) is 59.3 Å². The quantitative estimate of drug-likeness (QED) is 0.734. The number of hydrogen-bond acceptors (Lipinski definition) is 4. The summed E-state index contributed by atoms with van der Waals surface area (Å²) in [5.41, 5.74) is 3.17. The molecule has 2 aromatic rings. The highest BCUT2D eigenvalue weighted by Crippen LogP contribution is 2.28. The van der Waals surface area contributed by atoms with Crippen molar-refractivity contribution >= 4 is 17.7 Å². The second-order valence-corrected chi connectivity index (χ2v) is 8.38. The molecule has 1 amide bonds. The highest BCUT2D eigenvalue weighted by molar-refractivity contribution is 5.88. The third kappa shape index (κ3) is 4.81. The van der Waals surface area contributed by atoms with Crippen LogP contribution in [0.3, 0.4) is 0 Å². The molecule has 0 aliphatic carbocycles. The fourth-order valence-electron chi connectivity index (χ4n) is 4.56. The number of carboxylic acid groups (broad SMARTS) is 1. The summed E-state index contributed by atoms with van der Waals surface area (Å²) < 4.78 is 0. The molecule has 6 nitrogen and oxygen atoms in total. The number of nitrogens with one attached hydrogen (secondary N) is 1. The third-order valence-electron chi connectivity index (χ3n) is 6.24. The number of fused-ring (bicyclic) bond motifs is 1. The fourth-order valence-corrected chi connectivity index (χ4v) is 4.56. The van der Waals surface area contributed by atoms with Gasteiger partial charge >= 0.3 is 5.97 Å². The van der Waals surface area contributed by atoms with Crippen LogP contribution in [0.15, 0.2) is 42.5 Å². The number of nitrogens with zero attached hydrogens (tertiary/aromatic N) is 2. The number of hydrogen-bond donors (Lipinski definition) is 2. The third-order valence-corrected chi connectivity index (χ3v) is 6.24. The molecule has 0 radical (unpaired) electrons. The van der Waals surface area contributed by atoms with Gasteiger partial charge in [-0.15, -0.1) is 0 Å². The van der Waals surface area contributed by atoms with E-state index in [-0.39, 0.29) is 12.3 Å². The Balaban J connectivity index is 1.35. The molecule has 30 heavy (non-hydrogen) atoms. The molecule has 1 fully saturated rings. The zero-order chi connectivity index (χ0) is 20.9. The zero-order valence-corrected chi connectivity index (χ0v) is 17.2. The topological polar surface area (TPSA) is 82.5 Å². The average molecular weight is 408 g/mol. The van der Waals surface area contributed by atoms with Crippen molar-refractivity contribution in [2.75, 3.05) is 25.0 Å². The van der Waals surface area contributed by atoms with Gasteiger partial charge in [0.05, 0.1) is 12.3 Å². The van der Waals surface area contributed by atoms with Crippen LogP contribution < -0.4 is 5.32 Å². The van der Waals surface area contributed by atoms with Gasteiger partial charge in [0.2, 0.25) is 5.91 Å². The van der Waals surface area contributed by atoms with Crippen LogP contribution in [0.25, 0.3) is 0 Å². The summed E-state index contributed by atoms with van der Waals surface area (Å²) in [6.45, 7) is 2.39. The first-order valence-corrected chi connectivity index (χ1v) is 10.9. The Labute approximate surface area is 177 Å². The lowest BCUT2D eigenvalue weighted by molar-refractivity contribution is -0.141. The predicted octanol–water partition coefficient (Wildman–Crippen LogP) is 3.48. The summed E-state index contributed by atoms with van der Waals surface area (Å²) in [4.78, 5) is 31.1. The summed E-state index contributed by atoms with van der Waals surface area (Å²) in [5.74, 6) is -0.166. The number of amides is 1. The molecule has 0 saturated carbocycles. The summed E-state index contributed by atoms with van der Waals surface area (Å²) in [6, 6.07) is 13.6. The van der Waals surface area contributed by atoms with Crippen molar-refractivity contribution < 1.29 is 14.7 Å². The zero-order valence-electron chi connectivity index (χ0n) is 17.2. The number of rotatable bonds is 7. The van der Waals surface area contributed by atoms with Gasteiger partial charge in [-0.25, -0.2) is 4.98 Å². The van der Waals surface area contributed by atoms with E-state index in [0.717, 1.165) is 55.7 Å². The van der Waals surface area contributed by atoms with Gasteiger partial charge in [0.15, 0.2) is 0 Å². The van der Waals surface area contributed by atoms with Crippen LogP contribution in [0, 0.1) is 5.92 Å². The van der Waals surface area contributed by atoms with E-state index in [1.54, 1.807) is 0 Å². The molecule has 1 aromatic heterocycles. The van der Waals surface area contributed by atoms with Crippen LogP contribution in [0.1, 0.15) is 48.4 Å². The first kappa shape index (κ1) is 20.4. The monoisotopic (exact) mass is 407 g/mol. The van der Waals surface area contributed by atoms with Crippen molar-refractivity contribution in [2.45, 2.75) is 44.4 Å². The summed E-state index contributed by atoms with van der Waals surface area (Å²) >= 11 is 0. The van der Waals surface area contributed by atoms with Gasteiger partial charge < -0.3 is 15.3 Å². The van der Waals surface area contributed by atoms with Crippen LogP contribution >= 0.6 is 0 Å². The van der Waals surface area contributed by atoms with Crippen LogP contribution in [0.2, 0.25) is 0 Å². The predicted molar refractivity (Wildman–Crippen MR) is 115 cm³/mol. The van der Waals surface area contributed by atoms with E-state index in [2.05, 4.69) is 17.4 Å². The van der Waals surface area contributed by atoms with E-state index < -0.39 is 11.9 Å². The number of aliphatic carboxylic acids is 1. The van der Waals surface area contributed by atoms with Gasteiger partial charge in [-0.1, -0.05) is 36.4 Å². The van der Waals surface area contributed by atoms with Crippen LogP contribution in [0.5, 0.6) is 0 Å². The number of likely N-dealkylation sites (tertiary alicyclic amines) is 1. The normalized spacial score (nSPS) is 19.1. The van der Waals surface area contributed by atoms with Crippen LogP contribution in [-0.2, 0) is 22.4 Å². The summed E-state index contributed by atoms with van der Waals surface area (Å²) in [6.07, 6.45) is 4.93. The minimum atomic E-state index is -0.944. The molecule has 158 valence electrons. The highest BCUT2D eigenvalue weighted by atomic mass is 16.4. The first-order chi connectivity index (χ1) is 14.6. The molecule has 2 atom stereocenters. The number of aryl methyl sites for hydroxylation is 2. The molecule has 4 rings (SSSR count). The Bertz CT molecular complexity index is 900. The minimum Gasteiger partial charge on any atom is -0.481 e. The molecule has 0 spiro atoms. The Morgan fingerprint density at radius 1 is 1.20 bits per heavy atom. The van der Waals surface area contributed by atoms with Crippen molar-refractivity contribution in [3.8, 4) is 0 Å². The molecular formula is C24H29N3O3. The molecule has 2 aliphatic heterocycles. The number of carbonyl (C=O) groups is 2. The van der Waals surface area contributed by atoms with Crippen LogP contribution in [-0.4, -0.2) is 46.5 Å². The number of benzene rings is 1. The van der Waals surface area contributed by atoms with Crippen molar-refractivity contribution in [2.24, 2.45) is 5.92 Å². The van der Waals surface area contributed by atoms with E-state index in [9.17, 15) is 14.7 Å². The van der Waals surface area contributed by atoms with E-state index in [0.29, 0.717) is 19.0 Å².